The quantitative estimate of drug-likeness (QED) is 0.375. The van der Waals surface area contributed by atoms with E-state index < -0.39 is 0 Å². The number of piperidine rings is 1. The highest BCUT2D eigenvalue weighted by Gasteiger charge is 2.31. The predicted molar refractivity (Wildman–Crippen MR) is 150 cm³/mol. The van der Waals surface area contributed by atoms with Gasteiger partial charge in [0.2, 0.25) is 5.88 Å². The Morgan fingerprint density at radius 3 is 2.47 bits per heavy atom. The summed E-state index contributed by atoms with van der Waals surface area (Å²) in [5.41, 5.74) is 3.26. The third kappa shape index (κ3) is 8.20. The summed E-state index contributed by atoms with van der Waals surface area (Å²) in [5.74, 6) is 1.86. The number of aromatic nitrogens is 2. The number of nitrogens with one attached hydrogen (secondary N) is 1. The first-order valence-corrected chi connectivity index (χ1v) is 13.2. The molecule has 2 aromatic rings. The fourth-order valence-corrected chi connectivity index (χ4v) is 5.25. The first-order valence-electron chi connectivity index (χ1n) is 13.2. The standard InChI is InChI=1S/C28H41N3O3.2ClH/c1-4-5-11-26-25(21-12-14-23(15-13-21)34-22-9-7-6-8-10-22)18-28(31-30-26)33-20(2)24-16-17-29-19-27(24)32-3;;/h12-15,18,20,22,24,27,29H,4-11,16-17,19H2,1-3H3;2*1H. The van der Waals surface area contributed by atoms with E-state index in [9.17, 15) is 0 Å². The highest BCUT2D eigenvalue weighted by atomic mass is 35.5. The van der Waals surface area contributed by atoms with E-state index >= 15 is 0 Å². The predicted octanol–water partition coefficient (Wildman–Crippen LogP) is 6.43. The molecule has 1 saturated carbocycles. The van der Waals surface area contributed by atoms with Gasteiger partial charge < -0.3 is 19.5 Å². The van der Waals surface area contributed by atoms with Crippen molar-refractivity contribution in [1.29, 1.82) is 0 Å². The fourth-order valence-electron chi connectivity index (χ4n) is 5.25. The van der Waals surface area contributed by atoms with E-state index in [0.717, 1.165) is 74.2 Å². The molecule has 1 aliphatic carbocycles. The lowest BCUT2D eigenvalue weighted by Gasteiger charge is -2.34. The molecule has 6 nitrogen and oxygen atoms in total. The average molecular weight is 541 g/mol. The number of nitrogens with zero attached hydrogens (tertiary/aromatic N) is 2. The van der Waals surface area contributed by atoms with Crippen LogP contribution in [0.4, 0.5) is 0 Å². The van der Waals surface area contributed by atoms with Gasteiger partial charge in [0, 0.05) is 31.2 Å². The van der Waals surface area contributed by atoms with Gasteiger partial charge in [0.15, 0.2) is 0 Å². The Hall–Kier alpha value is -1.60. The number of benzene rings is 1. The van der Waals surface area contributed by atoms with E-state index in [1.165, 1.54) is 19.3 Å². The molecule has 3 atom stereocenters. The summed E-state index contributed by atoms with van der Waals surface area (Å²) in [7, 11) is 1.78. The van der Waals surface area contributed by atoms with Crippen LogP contribution in [0, 0.1) is 5.92 Å². The van der Waals surface area contributed by atoms with Crippen molar-refractivity contribution in [2.75, 3.05) is 20.2 Å². The maximum Gasteiger partial charge on any atom is 0.234 e. The molecule has 3 unspecified atom stereocenters. The molecular formula is C28H43Cl2N3O3. The Kier molecular flexibility index (Phi) is 13.3. The zero-order valence-electron chi connectivity index (χ0n) is 21.9. The zero-order chi connectivity index (χ0) is 23.8. The Labute approximate surface area is 229 Å². The van der Waals surface area contributed by atoms with Crippen molar-refractivity contribution in [3.8, 4) is 22.8 Å². The number of hydrogen-bond acceptors (Lipinski definition) is 6. The van der Waals surface area contributed by atoms with Crippen molar-refractivity contribution in [3.05, 3.63) is 36.0 Å². The molecular weight excluding hydrogens is 497 g/mol. The summed E-state index contributed by atoms with van der Waals surface area (Å²) >= 11 is 0. The number of ether oxygens (including phenoxy) is 3. The molecule has 2 fully saturated rings. The van der Waals surface area contributed by atoms with Crippen LogP contribution in [-0.2, 0) is 11.2 Å². The van der Waals surface area contributed by atoms with E-state index in [4.69, 9.17) is 14.2 Å². The van der Waals surface area contributed by atoms with Crippen molar-refractivity contribution in [2.45, 2.75) is 89.9 Å². The molecule has 0 amide bonds. The van der Waals surface area contributed by atoms with Crippen LogP contribution in [0.15, 0.2) is 30.3 Å². The topological polar surface area (TPSA) is 65.5 Å². The smallest absolute Gasteiger partial charge is 0.234 e. The minimum atomic E-state index is 0. The molecule has 1 saturated heterocycles. The van der Waals surface area contributed by atoms with Crippen LogP contribution in [0.1, 0.15) is 70.9 Å². The summed E-state index contributed by atoms with van der Waals surface area (Å²) in [6.45, 7) is 6.16. The van der Waals surface area contributed by atoms with Crippen LogP contribution in [0.5, 0.6) is 11.6 Å². The number of hydrogen-bond donors (Lipinski definition) is 1. The molecule has 1 N–H and O–H groups in total. The Morgan fingerprint density at radius 2 is 1.78 bits per heavy atom. The average Bonchev–Trinajstić information content (AvgIpc) is 2.89. The summed E-state index contributed by atoms with van der Waals surface area (Å²) in [6.07, 6.45) is 10.9. The first-order chi connectivity index (χ1) is 16.7. The highest BCUT2D eigenvalue weighted by Crippen LogP contribution is 2.31. The molecule has 1 aliphatic heterocycles. The van der Waals surface area contributed by atoms with Crippen molar-refractivity contribution < 1.29 is 14.2 Å². The van der Waals surface area contributed by atoms with Gasteiger partial charge in [-0.3, -0.25) is 0 Å². The molecule has 4 rings (SSSR count). The molecule has 0 spiro atoms. The van der Waals surface area contributed by atoms with E-state index in [2.05, 4.69) is 59.7 Å². The number of methoxy groups -OCH3 is 1. The lowest BCUT2D eigenvalue weighted by molar-refractivity contribution is -0.0150. The number of halogens is 2. The van der Waals surface area contributed by atoms with E-state index in [-0.39, 0.29) is 37.0 Å². The fraction of sp³-hybridized carbons (Fsp3) is 0.643. The monoisotopic (exact) mass is 539 g/mol. The largest absolute Gasteiger partial charge is 0.490 e. The molecule has 8 heteroatoms. The highest BCUT2D eigenvalue weighted by molar-refractivity contribution is 5.85. The van der Waals surface area contributed by atoms with Crippen LogP contribution >= 0.6 is 24.8 Å². The van der Waals surface area contributed by atoms with E-state index in [1.807, 2.05) is 0 Å². The summed E-state index contributed by atoms with van der Waals surface area (Å²) in [4.78, 5) is 0. The van der Waals surface area contributed by atoms with Crippen molar-refractivity contribution in [1.82, 2.24) is 15.5 Å². The van der Waals surface area contributed by atoms with E-state index in [1.54, 1.807) is 7.11 Å². The van der Waals surface area contributed by atoms with Gasteiger partial charge in [0.1, 0.15) is 11.9 Å². The molecule has 36 heavy (non-hydrogen) atoms. The van der Waals surface area contributed by atoms with Gasteiger partial charge in [-0.15, -0.1) is 29.9 Å². The van der Waals surface area contributed by atoms with Gasteiger partial charge in [0.05, 0.1) is 17.9 Å². The van der Waals surface area contributed by atoms with Crippen molar-refractivity contribution in [2.24, 2.45) is 5.92 Å². The second-order valence-electron chi connectivity index (χ2n) is 9.80. The molecule has 0 bridgehead atoms. The number of aryl methyl sites for hydroxylation is 1. The van der Waals surface area contributed by atoms with Gasteiger partial charge in [-0.2, -0.15) is 5.10 Å². The zero-order valence-corrected chi connectivity index (χ0v) is 23.5. The Balaban J connectivity index is 0.00000228. The summed E-state index contributed by atoms with van der Waals surface area (Å²) in [5, 5.41) is 12.4. The van der Waals surface area contributed by atoms with Crippen LogP contribution in [0.25, 0.3) is 11.1 Å². The van der Waals surface area contributed by atoms with Gasteiger partial charge in [-0.05, 0) is 76.1 Å². The van der Waals surface area contributed by atoms with Crippen LogP contribution < -0.4 is 14.8 Å². The van der Waals surface area contributed by atoms with Gasteiger partial charge >= 0.3 is 0 Å². The third-order valence-electron chi connectivity index (χ3n) is 7.33. The molecule has 1 aromatic carbocycles. The maximum absolute atomic E-state index is 6.33. The SMILES string of the molecule is CCCCc1nnc(OC(C)C2CCNCC2OC)cc1-c1ccc(OC2CCCCC2)cc1.Cl.Cl. The van der Waals surface area contributed by atoms with Crippen LogP contribution in [0.2, 0.25) is 0 Å². The first kappa shape index (κ1) is 30.6. The van der Waals surface area contributed by atoms with Crippen molar-refractivity contribution in [3.63, 3.8) is 0 Å². The molecule has 2 heterocycles. The van der Waals surface area contributed by atoms with Crippen LogP contribution in [-0.4, -0.2) is 48.7 Å². The normalized spacial score (nSPS) is 21.1. The van der Waals surface area contributed by atoms with Gasteiger partial charge in [-0.25, -0.2) is 0 Å². The minimum absolute atomic E-state index is 0. The van der Waals surface area contributed by atoms with E-state index in [0.29, 0.717) is 17.9 Å². The number of rotatable bonds is 10. The number of unbranched alkanes of at least 4 members (excludes halogenated alkanes) is 1. The second kappa shape index (κ2) is 15.6. The second-order valence-corrected chi connectivity index (χ2v) is 9.80. The minimum Gasteiger partial charge on any atom is -0.490 e. The van der Waals surface area contributed by atoms with Gasteiger partial charge in [0.25, 0.3) is 0 Å². The van der Waals surface area contributed by atoms with Gasteiger partial charge in [-0.1, -0.05) is 31.9 Å². The maximum atomic E-state index is 6.33. The molecule has 2 aliphatic rings. The summed E-state index contributed by atoms with van der Waals surface area (Å²) in [6, 6.07) is 10.5. The lowest BCUT2D eigenvalue weighted by Crippen LogP contribution is -2.47. The molecule has 0 radical (unpaired) electrons. The lowest BCUT2D eigenvalue weighted by atomic mass is 9.90. The Bertz CT molecular complexity index is 894. The molecule has 1 aromatic heterocycles. The van der Waals surface area contributed by atoms with Crippen molar-refractivity contribution >= 4 is 24.8 Å². The molecule has 202 valence electrons. The van der Waals surface area contributed by atoms with Crippen LogP contribution in [0.3, 0.4) is 0 Å². The third-order valence-corrected chi connectivity index (χ3v) is 7.33. The summed E-state index contributed by atoms with van der Waals surface area (Å²) < 4.78 is 18.3. The Morgan fingerprint density at radius 1 is 1.03 bits per heavy atom.